The van der Waals surface area contributed by atoms with Crippen molar-refractivity contribution in [3.63, 3.8) is 0 Å². The number of methoxy groups -OCH3 is 2. The standard InChI is InChI=1S/C30H32N2O4/c1-18(2)29(33)36-19-11-12-21(27(15-19)35-6)20-13-14-23-28-22(20)17-32(25(28)16-30(3,4)31-23)24-9-7-8-10-26(24)34-5/h7-16,18,31H,17H2,1-6H3. The number of carbonyl (C=O) groups is 1. The van der Waals surface area contributed by atoms with Crippen LogP contribution in [-0.4, -0.2) is 25.7 Å². The van der Waals surface area contributed by atoms with Gasteiger partial charge in [-0.05, 0) is 61.4 Å². The number of ether oxygens (including phenoxy) is 3. The van der Waals surface area contributed by atoms with E-state index in [1.54, 1.807) is 20.3 Å². The molecule has 5 rings (SSSR count). The number of benzene rings is 3. The zero-order chi connectivity index (χ0) is 25.6. The van der Waals surface area contributed by atoms with E-state index in [-0.39, 0.29) is 17.4 Å². The molecule has 0 bridgehead atoms. The van der Waals surface area contributed by atoms with Crippen LogP contribution in [0.5, 0.6) is 17.2 Å². The lowest BCUT2D eigenvalue weighted by molar-refractivity contribution is -0.137. The molecule has 0 saturated heterocycles. The van der Waals surface area contributed by atoms with E-state index in [4.69, 9.17) is 14.2 Å². The zero-order valence-corrected chi connectivity index (χ0v) is 21.6. The van der Waals surface area contributed by atoms with Crippen molar-refractivity contribution in [2.24, 2.45) is 5.92 Å². The Morgan fingerprint density at radius 2 is 1.69 bits per heavy atom. The van der Waals surface area contributed by atoms with E-state index >= 15 is 0 Å². The smallest absolute Gasteiger partial charge is 0.313 e. The highest BCUT2D eigenvalue weighted by Crippen LogP contribution is 2.51. The summed E-state index contributed by atoms with van der Waals surface area (Å²) in [7, 11) is 3.35. The van der Waals surface area contributed by atoms with Gasteiger partial charge in [0, 0.05) is 35.1 Å². The molecule has 0 aromatic heterocycles. The van der Waals surface area contributed by atoms with Gasteiger partial charge in [0.25, 0.3) is 0 Å². The second-order valence-electron chi connectivity index (χ2n) is 10.1. The Bertz CT molecular complexity index is 1370. The number of hydrogen-bond acceptors (Lipinski definition) is 6. The predicted octanol–water partition coefficient (Wildman–Crippen LogP) is 6.50. The Labute approximate surface area is 212 Å². The van der Waals surface area contributed by atoms with Crippen LogP contribution in [-0.2, 0) is 11.3 Å². The number of esters is 1. The third-order valence-electron chi connectivity index (χ3n) is 6.66. The first-order valence-corrected chi connectivity index (χ1v) is 12.2. The van der Waals surface area contributed by atoms with E-state index < -0.39 is 0 Å². The summed E-state index contributed by atoms with van der Waals surface area (Å²) in [4.78, 5) is 14.4. The molecule has 2 heterocycles. The third-order valence-corrected chi connectivity index (χ3v) is 6.66. The lowest BCUT2D eigenvalue weighted by atomic mass is 9.89. The monoisotopic (exact) mass is 484 g/mol. The molecule has 186 valence electrons. The van der Waals surface area contributed by atoms with Crippen molar-refractivity contribution in [3.05, 3.63) is 71.8 Å². The molecular weight excluding hydrogens is 452 g/mol. The second-order valence-corrected chi connectivity index (χ2v) is 10.1. The van der Waals surface area contributed by atoms with Gasteiger partial charge in [-0.15, -0.1) is 0 Å². The number of nitrogens with one attached hydrogen (secondary N) is 1. The molecule has 0 aliphatic carbocycles. The van der Waals surface area contributed by atoms with Crippen LogP contribution in [0.15, 0.2) is 60.7 Å². The number of hydrogen-bond donors (Lipinski definition) is 1. The fraction of sp³-hybridized carbons (Fsp3) is 0.300. The summed E-state index contributed by atoms with van der Waals surface area (Å²) >= 11 is 0. The minimum absolute atomic E-state index is 0.203. The molecule has 0 unspecified atom stereocenters. The minimum Gasteiger partial charge on any atom is -0.496 e. The molecule has 3 aromatic carbocycles. The van der Waals surface area contributed by atoms with Gasteiger partial charge in [0.15, 0.2) is 0 Å². The van der Waals surface area contributed by atoms with Crippen molar-refractivity contribution in [2.45, 2.75) is 39.8 Å². The fourth-order valence-electron chi connectivity index (χ4n) is 4.97. The number of nitrogens with zero attached hydrogens (tertiary/aromatic N) is 1. The van der Waals surface area contributed by atoms with Gasteiger partial charge >= 0.3 is 5.97 Å². The van der Waals surface area contributed by atoms with Crippen LogP contribution in [0.25, 0.3) is 16.8 Å². The summed E-state index contributed by atoms with van der Waals surface area (Å²) in [6, 6.07) is 18.0. The Morgan fingerprint density at radius 3 is 2.42 bits per heavy atom. The molecule has 0 saturated carbocycles. The SMILES string of the molecule is COc1cc(OC(=O)C(C)C)ccc1-c1ccc2c3c1CN(c1ccccc1OC)C3=CC(C)(C)N2. The lowest BCUT2D eigenvalue weighted by Gasteiger charge is -2.33. The van der Waals surface area contributed by atoms with E-state index in [0.717, 1.165) is 33.9 Å². The van der Waals surface area contributed by atoms with Gasteiger partial charge in [-0.1, -0.05) is 32.0 Å². The van der Waals surface area contributed by atoms with Crippen LogP contribution >= 0.6 is 0 Å². The molecule has 2 aliphatic heterocycles. The minimum atomic E-state index is -0.270. The number of rotatable bonds is 6. The maximum Gasteiger partial charge on any atom is 0.313 e. The molecule has 0 amide bonds. The topological polar surface area (TPSA) is 60.0 Å². The third kappa shape index (κ3) is 4.06. The summed E-state index contributed by atoms with van der Waals surface area (Å²) in [5.74, 6) is 1.49. The zero-order valence-electron chi connectivity index (χ0n) is 21.6. The van der Waals surface area contributed by atoms with Gasteiger partial charge in [-0.2, -0.15) is 0 Å². The first-order chi connectivity index (χ1) is 17.2. The quantitative estimate of drug-likeness (QED) is 0.318. The van der Waals surface area contributed by atoms with Crippen molar-refractivity contribution in [1.82, 2.24) is 0 Å². The van der Waals surface area contributed by atoms with Crippen molar-refractivity contribution in [1.29, 1.82) is 0 Å². The molecule has 0 spiro atoms. The molecular formula is C30H32N2O4. The van der Waals surface area contributed by atoms with Gasteiger partial charge < -0.3 is 24.4 Å². The fourth-order valence-corrected chi connectivity index (χ4v) is 4.97. The number of carbonyl (C=O) groups excluding carboxylic acids is 1. The van der Waals surface area contributed by atoms with Crippen molar-refractivity contribution in [3.8, 4) is 28.4 Å². The number of para-hydroxylation sites is 2. The average Bonchev–Trinajstić information content (AvgIpc) is 3.23. The van der Waals surface area contributed by atoms with Crippen LogP contribution in [0.1, 0.15) is 38.8 Å². The molecule has 3 aromatic rings. The molecule has 0 fully saturated rings. The maximum atomic E-state index is 12.1. The van der Waals surface area contributed by atoms with Gasteiger partial charge in [0.2, 0.25) is 0 Å². The highest BCUT2D eigenvalue weighted by Gasteiger charge is 2.37. The van der Waals surface area contributed by atoms with Crippen molar-refractivity contribution in [2.75, 3.05) is 24.4 Å². The first kappa shape index (κ1) is 23.8. The van der Waals surface area contributed by atoms with Crippen LogP contribution in [0.3, 0.4) is 0 Å². The summed E-state index contributed by atoms with van der Waals surface area (Å²) in [6.07, 6.45) is 2.29. The Kier molecular flexibility index (Phi) is 5.91. The summed E-state index contributed by atoms with van der Waals surface area (Å²) < 4.78 is 17.0. The normalized spacial score (nSPS) is 15.2. The highest BCUT2D eigenvalue weighted by molar-refractivity contribution is 5.98. The van der Waals surface area contributed by atoms with E-state index in [2.05, 4.69) is 48.3 Å². The van der Waals surface area contributed by atoms with Gasteiger partial charge in [-0.25, -0.2) is 0 Å². The molecule has 1 N–H and O–H groups in total. The second kappa shape index (κ2) is 8.94. The Morgan fingerprint density at radius 1 is 0.972 bits per heavy atom. The molecule has 6 nitrogen and oxygen atoms in total. The molecule has 2 aliphatic rings. The predicted molar refractivity (Wildman–Crippen MR) is 144 cm³/mol. The molecule has 0 radical (unpaired) electrons. The summed E-state index contributed by atoms with van der Waals surface area (Å²) in [6.45, 7) is 8.67. The van der Waals surface area contributed by atoms with Gasteiger partial charge in [0.1, 0.15) is 17.2 Å². The first-order valence-electron chi connectivity index (χ1n) is 12.2. The van der Waals surface area contributed by atoms with Crippen LogP contribution < -0.4 is 24.4 Å². The average molecular weight is 485 g/mol. The lowest BCUT2D eigenvalue weighted by Crippen LogP contribution is -2.33. The largest absolute Gasteiger partial charge is 0.496 e. The Hall–Kier alpha value is -3.93. The molecule has 6 heteroatoms. The van der Waals surface area contributed by atoms with E-state index in [1.165, 1.54) is 11.1 Å². The van der Waals surface area contributed by atoms with Crippen LogP contribution in [0.4, 0.5) is 11.4 Å². The summed E-state index contributed by atoms with van der Waals surface area (Å²) in [5, 5.41) is 3.67. The van der Waals surface area contributed by atoms with Crippen LogP contribution in [0, 0.1) is 5.92 Å². The maximum absolute atomic E-state index is 12.1. The van der Waals surface area contributed by atoms with Crippen molar-refractivity contribution < 1.29 is 19.0 Å². The molecule has 0 atom stereocenters. The van der Waals surface area contributed by atoms with E-state index in [9.17, 15) is 4.79 Å². The van der Waals surface area contributed by atoms with E-state index in [0.29, 0.717) is 18.0 Å². The van der Waals surface area contributed by atoms with Crippen molar-refractivity contribution >= 4 is 23.0 Å². The number of anilines is 2. The van der Waals surface area contributed by atoms with E-state index in [1.807, 2.05) is 44.2 Å². The Balaban J connectivity index is 1.64. The highest BCUT2D eigenvalue weighted by atomic mass is 16.5. The van der Waals surface area contributed by atoms with Crippen LogP contribution in [0.2, 0.25) is 0 Å². The van der Waals surface area contributed by atoms with Gasteiger partial charge in [-0.3, -0.25) is 4.79 Å². The molecule has 36 heavy (non-hydrogen) atoms. The summed E-state index contributed by atoms with van der Waals surface area (Å²) in [5.41, 5.74) is 7.52. The van der Waals surface area contributed by atoms with Gasteiger partial charge in [0.05, 0.1) is 31.4 Å².